The molecule has 0 aromatic rings. The molecule has 1 fully saturated rings. The number of rotatable bonds is 3. The number of hydrogen-bond acceptors (Lipinski definition) is 1. The van der Waals surface area contributed by atoms with Crippen molar-refractivity contribution in [2.75, 3.05) is 7.11 Å². The SMILES string of the molecule is CO[Si](C)(C)C1CC(C)CCC1C(C)C. The minimum atomic E-state index is -1.44. The lowest BCUT2D eigenvalue weighted by Gasteiger charge is -2.44. The Labute approximate surface area is 96.7 Å². The Hall–Kier alpha value is 0.177. The predicted molar refractivity (Wildman–Crippen MR) is 69.6 cm³/mol. The fourth-order valence-electron chi connectivity index (χ4n) is 3.15. The van der Waals surface area contributed by atoms with Gasteiger partial charge >= 0.3 is 0 Å². The van der Waals surface area contributed by atoms with Gasteiger partial charge in [-0.15, -0.1) is 0 Å². The summed E-state index contributed by atoms with van der Waals surface area (Å²) in [5.41, 5.74) is 0.867. The van der Waals surface area contributed by atoms with E-state index < -0.39 is 8.32 Å². The molecule has 0 saturated heterocycles. The van der Waals surface area contributed by atoms with Crippen LogP contribution in [0.4, 0.5) is 0 Å². The smallest absolute Gasteiger partial charge is 0.189 e. The van der Waals surface area contributed by atoms with E-state index in [0.29, 0.717) is 0 Å². The Morgan fingerprint density at radius 2 is 1.80 bits per heavy atom. The fraction of sp³-hybridized carbons (Fsp3) is 1.00. The molecule has 90 valence electrons. The van der Waals surface area contributed by atoms with Crippen LogP contribution in [0, 0.1) is 17.8 Å². The van der Waals surface area contributed by atoms with Crippen LogP contribution in [0.1, 0.15) is 40.0 Å². The molecule has 0 N–H and O–H groups in total. The molecule has 1 rings (SSSR count). The molecule has 0 aliphatic heterocycles. The minimum Gasteiger partial charge on any atom is -0.420 e. The summed E-state index contributed by atoms with van der Waals surface area (Å²) < 4.78 is 5.84. The zero-order chi connectivity index (χ0) is 11.6. The second kappa shape index (κ2) is 5.01. The average molecular weight is 228 g/mol. The van der Waals surface area contributed by atoms with Gasteiger partial charge in [0.2, 0.25) is 0 Å². The zero-order valence-corrected chi connectivity index (χ0v) is 12.3. The van der Waals surface area contributed by atoms with E-state index in [9.17, 15) is 0 Å². The van der Waals surface area contributed by atoms with Crippen molar-refractivity contribution in [1.29, 1.82) is 0 Å². The summed E-state index contributed by atoms with van der Waals surface area (Å²) in [6.45, 7) is 12.0. The van der Waals surface area contributed by atoms with Crippen LogP contribution in [-0.4, -0.2) is 15.4 Å². The van der Waals surface area contributed by atoms with Gasteiger partial charge in [-0.25, -0.2) is 0 Å². The van der Waals surface area contributed by atoms with Crippen molar-refractivity contribution in [3.05, 3.63) is 0 Å². The predicted octanol–water partition coefficient (Wildman–Crippen LogP) is 4.30. The molecular formula is C13H28OSi. The van der Waals surface area contributed by atoms with Crippen LogP contribution in [0.25, 0.3) is 0 Å². The van der Waals surface area contributed by atoms with Crippen LogP contribution in [0.2, 0.25) is 18.6 Å². The largest absolute Gasteiger partial charge is 0.420 e. The zero-order valence-electron chi connectivity index (χ0n) is 11.3. The van der Waals surface area contributed by atoms with E-state index in [-0.39, 0.29) is 0 Å². The maximum Gasteiger partial charge on any atom is 0.189 e. The van der Waals surface area contributed by atoms with E-state index in [1.165, 1.54) is 19.3 Å². The Bertz CT molecular complexity index is 201. The molecule has 3 unspecified atom stereocenters. The van der Waals surface area contributed by atoms with Gasteiger partial charge in [0.1, 0.15) is 0 Å². The Balaban J connectivity index is 2.79. The Kier molecular flexibility index (Phi) is 4.42. The normalized spacial score (nSPS) is 33.4. The second-order valence-electron chi connectivity index (χ2n) is 6.24. The van der Waals surface area contributed by atoms with Crippen molar-refractivity contribution < 1.29 is 4.43 Å². The van der Waals surface area contributed by atoms with E-state index in [1.807, 2.05) is 7.11 Å². The first-order chi connectivity index (χ1) is 6.88. The van der Waals surface area contributed by atoms with Crippen LogP contribution in [0.15, 0.2) is 0 Å². The van der Waals surface area contributed by atoms with Crippen molar-refractivity contribution in [2.45, 2.75) is 58.7 Å². The molecule has 2 heteroatoms. The van der Waals surface area contributed by atoms with Gasteiger partial charge in [-0.2, -0.15) is 0 Å². The molecule has 1 aliphatic rings. The molecule has 0 amide bonds. The summed E-state index contributed by atoms with van der Waals surface area (Å²) in [5.74, 6) is 2.64. The third-order valence-electron chi connectivity index (χ3n) is 4.44. The van der Waals surface area contributed by atoms with Crippen molar-refractivity contribution in [2.24, 2.45) is 17.8 Å². The number of hydrogen-bond donors (Lipinski definition) is 0. The first kappa shape index (κ1) is 13.2. The standard InChI is InChI=1S/C13H28OSi/c1-10(2)12-8-7-11(3)9-13(12)15(5,6)14-4/h10-13H,7-9H2,1-6H3. The van der Waals surface area contributed by atoms with E-state index in [2.05, 4.69) is 33.9 Å². The van der Waals surface area contributed by atoms with Gasteiger partial charge in [0.05, 0.1) is 0 Å². The van der Waals surface area contributed by atoms with Gasteiger partial charge in [-0.3, -0.25) is 0 Å². The van der Waals surface area contributed by atoms with Crippen LogP contribution in [0.5, 0.6) is 0 Å². The van der Waals surface area contributed by atoms with E-state index in [0.717, 1.165) is 23.3 Å². The molecule has 1 saturated carbocycles. The van der Waals surface area contributed by atoms with Crippen LogP contribution >= 0.6 is 0 Å². The maximum absolute atomic E-state index is 5.84. The maximum atomic E-state index is 5.84. The van der Waals surface area contributed by atoms with Crippen molar-refractivity contribution in [1.82, 2.24) is 0 Å². The van der Waals surface area contributed by atoms with Gasteiger partial charge in [0.15, 0.2) is 8.32 Å². The van der Waals surface area contributed by atoms with Crippen LogP contribution in [0.3, 0.4) is 0 Å². The molecule has 0 heterocycles. The molecule has 0 radical (unpaired) electrons. The molecule has 15 heavy (non-hydrogen) atoms. The Morgan fingerprint density at radius 3 is 2.27 bits per heavy atom. The van der Waals surface area contributed by atoms with Crippen LogP contribution in [-0.2, 0) is 4.43 Å². The summed E-state index contributed by atoms with van der Waals surface area (Å²) in [6, 6.07) is 0. The first-order valence-electron chi connectivity index (χ1n) is 6.43. The van der Waals surface area contributed by atoms with Gasteiger partial charge in [0, 0.05) is 7.11 Å². The van der Waals surface area contributed by atoms with Crippen LogP contribution < -0.4 is 0 Å². The third kappa shape index (κ3) is 3.07. The molecule has 1 nitrogen and oxygen atoms in total. The average Bonchev–Trinajstić information content (AvgIpc) is 2.17. The van der Waals surface area contributed by atoms with Gasteiger partial charge in [0.25, 0.3) is 0 Å². The van der Waals surface area contributed by atoms with Crippen molar-refractivity contribution in [3.8, 4) is 0 Å². The first-order valence-corrected chi connectivity index (χ1v) is 9.42. The van der Waals surface area contributed by atoms with Crippen molar-refractivity contribution >= 4 is 8.32 Å². The summed E-state index contributed by atoms with van der Waals surface area (Å²) >= 11 is 0. The van der Waals surface area contributed by atoms with Gasteiger partial charge < -0.3 is 4.43 Å². The summed E-state index contributed by atoms with van der Waals surface area (Å²) in [5, 5.41) is 0. The molecule has 0 aromatic heterocycles. The summed E-state index contributed by atoms with van der Waals surface area (Å²) in [6.07, 6.45) is 4.24. The molecule has 3 atom stereocenters. The fourth-order valence-corrected chi connectivity index (χ4v) is 6.01. The molecular weight excluding hydrogens is 200 g/mol. The van der Waals surface area contributed by atoms with E-state index in [1.54, 1.807) is 0 Å². The van der Waals surface area contributed by atoms with E-state index >= 15 is 0 Å². The topological polar surface area (TPSA) is 9.23 Å². The quantitative estimate of drug-likeness (QED) is 0.654. The summed E-state index contributed by atoms with van der Waals surface area (Å²) in [4.78, 5) is 0. The monoisotopic (exact) mass is 228 g/mol. The highest BCUT2D eigenvalue weighted by atomic mass is 28.4. The van der Waals surface area contributed by atoms with Gasteiger partial charge in [-0.05, 0) is 49.2 Å². The molecule has 0 spiro atoms. The minimum absolute atomic E-state index is 0.824. The van der Waals surface area contributed by atoms with E-state index in [4.69, 9.17) is 4.43 Å². The second-order valence-corrected chi connectivity index (χ2v) is 10.6. The molecule has 0 bridgehead atoms. The molecule has 1 aliphatic carbocycles. The highest BCUT2D eigenvalue weighted by Crippen LogP contribution is 2.47. The Morgan fingerprint density at radius 1 is 1.20 bits per heavy atom. The van der Waals surface area contributed by atoms with Gasteiger partial charge in [-0.1, -0.05) is 27.2 Å². The van der Waals surface area contributed by atoms with Crippen molar-refractivity contribution in [3.63, 3.8) is 0 Å². The lowest BCUT2D eigenvalue weighted by atomic mass is 9.77. The highest BCUT2D eigenvalue weighted by molar-refractivity contribution is 6.72. The summed E-state index contributed by atoms with van der Waals surface area (Å²) in [7, 11) is 0.475. The molecule has 0 aromatic carbocycles. The lowest BCUT2D eigenvalue weighted by Crippen LogP contribution is -2.43. The highest BCUT2D eigenvalue weighted by Gasteiger charge is 2.42. The lowest BCUT2D eigenvalue weighted by molar-refractivity contribution is 0.210. The third-order valence-corrected chi connectivity index (χ3v) is 7.94.